The third-order valence-electron chi connectivity index (χ3n) is 5.09. The number of pyridine rings is 1. The number of carbonyl (C=O) groups is 1. The topological polar surface area (TPSA) is 37.6 Å². The first-order valence-electron chi connectivity index (χ1n) is 7.96. The van der Waals surface area contributed by atoms with Crippen LogP contribution in [0.1, 0.15) is 43.1 Å². The number of nitrogens with zero attached hydrogens (tertiary/aromatic N) is 3. The number of hydrogen-bond donors (Lipinski definition) is 0. The second kappa shape index (κ2) is 4.86. The Morgan fingerprint density at radius 2 is 2.14 bits per heavy atom. The lowest BCUT2D eigenvalue weighted by atomic mass is 9.84. The molecular formula is C17H21N3O. The number of amides is 1. The molecule has 4 heteroatoms. The van der Waals surface area contributed by atoms with Crippen LogP contribution < -0.4 is 0 Å². The Labute approximate surface area is 124 Å². The normalized spacial score (nSPS) is 22.7. The Morgan fingerprint density at radius 3 is 2.90 bits per heavy atom. The van der Waals surface area contributed by atoms with Gasteiger partial charge in [-0.05, 0) is 38.3 Å². The van der Waals surface area contributed by atoms with Gasteiger partial charge in [0, 0.05) is 31.1 Å². The molecule has 2 aliphatic rings. The second-order valence-electron chi connectivity index (χ2n) is 6.40. The Hall–Kier alpha value is -1.84. The van der Waals surface area contributed by atoms with E-state index in [4.69, 9.17) is 4.98 Å². The van der Waals surface area contributed by atoms with Crippen molar-refractivity contribution in [1.29, 1.82) is 0 Å². The molecule has 1 aliphatic carbocycles. The average Bonchev–Trinajstić information content (AvgIpc) is 3.03. The number of carbonyl (C=O) groups excluding carboxylic acids is 1. The first-order chi connectivity index (χ1) is 10.2. The lowest BCUT2D eigenvalue weighted by Gasteiger charge is -2.29. The van der Waals surface area contributed by atoms with Crippen molar-refractivity contribution in [3.8, 4) is 0 Å². The summed E-state index contributed by atoms with van der Waals surface area (Å²) in [5, 5.41) is 0. The van der Waals surface area contributed by atoms with Crippen molar-refractivity contribution in [3.63, 3.8) is 0 Å². The largest absolute Gasteiger partial charge is 0.342 e. The molecule has 3 heterocycles. The molecule has 2 fully saturated rings. The number of aryl methyl sites for hydroxylation is 1. The summed E-state index contributed by atoms with van der Waals surface area (Å²) < 4.78 is 2.14. The van der Waals surface area contributed by atoms with Gasteiger partial charge in [0.1, 0.15) is 5.82 Å². The van der Waals surface area contributed by atoms with Gasteiger partial charge in [-0.15, -0.1) is 0 Å². The smallest absolute Gasteiger partial charge is 0.225 e. The van der Waals surface area contributed by atoms with Crippen molar-refractivity contribution >= 4 is 11.4 Å². The van der Waals surface area contributed by atoms with Gasteiger partial charge in [-0.2, -0.15) is 0 Å². The van der Waals surface area contributed by atoms with Gasteiger partial charge in [0.05, 0.1) is 11.2 Å². The fourth-order valence-corrected chi connectivity index (χ4v) is 3.62. The van der Waals surface area contributed by atoms with Crippen molar-refractivity contribution in [2.75, 3.05) is 13.1 Å². The Kier molecular flexibility index (Phi) is 2.98. The number of aromatic nitrogens is 2. The summed E-state index contributed by atoms with van der Waals surface area (Å²) in [5.74, 6) is 2.11. The molecular weight excluding hydrogens is 262 g/mol. The number of likely N-dealkylation sites (tertiary alicyclic amines) is 1. The van der Waals surface area contributed by atoms with Gasteiger partial charge in [-0.1, -0.05) is 12.5 Å². The summed E-state index contributed by atoms with van der Waals surface area (Å²) >= 11 is 0. The maximum atomic E-state index is 12.4. The van der Waals surface area contributed by atoms with Crippen molar-refractivity contribution in [2.24, 2.45) is 5.92 Å². The molecule has 0 bridgehead atoms. The fraction of sp³-hybridized carbons (Fsp3) is 0.529. The highest BCUT2D eigenvalue weighted by molar-refractivity contribution is 5.80. The van der Waals surface area contributed by atoms with Gasteiger partial charge in [0.2, 0.25) is 5.91 Å². The average molecular weight is 283 g/mol. The summed E-state index contributed by atoms with van der Waals surface area (Å²) in [4.78, 5) is 19.2. The van der Waals surface area contributed by atoms with E-state index >= 15 is 0 Å². The van der Waals surface area contributed by atoms with Crippen molar-refractivity contribution in [3.05, 3.63) is 35.9 Å². The van der Waals surface area contributed by atoms with E-state index in [1.165, 1.54) is 11.9 Å². The fourth-order valence-electron chi connectivity index (χ4n) is 3.62. The number of fused-ring (bicyclic) bond motifs is 1. The van der Waals surface area contributed by atoms with E-state index in [2.05, 4.69) is 27.6 Å². The zero-order valence-electron chi connectivity index (χ0n) is 12.5. The van der Waals surface area contributed by atoms with E-state index in [1.807, 2.05) is 13.0 Å². The van der Waals surface area contributed by atoms with Gasteiger partial charge in [-0.3, -0.25) is 4.79 Å². The van der Waals surface area contributed by atoms with Crippen LogP contribution in [0.4, 0.5) is 0 Å². The molecule has 1 saturated heterocycles. The van der Waals surface area contributed by atoms with E-state index < -0.39 is 0 Å². The lowest BCUT2D eigenvalue weighted by Crippen LogP contribution is -2.37. The molecule has 0 radical (unpaired) electrons. The van der Waals surface area contributed by atoms with Crippen molar-refractivity contribution < 1.29 is 4.79 Å². The molecule has 0 N–H and O–H groups in total. The predicted octanol–water partition coefficient (Wildman–Crippen LogP) is 2.76. The van der Waals surface area contributed by atoms with E-state index in [0.717, 1.165) is 43.9 Å². The highest BCUT2D eigenvalue weighted by Crippen LogP contribution is 2.34. The third-order valence-corrected chi connectivity index (χ3v) is 5.09. The minimum Gasteiger partial charge on any atom is -0.342 e. The van der Waals surface area contributed by atoms with Crippen LogP contribution in [0.2, 0.25) is 0 Å². The molecule has 21 heavy (non-hydrogen) atoms. The standard InChI is InChI=1S/C17H21N3O/c1-12-18-16(15-7-2-3-9-20(12)15)14-8-10-19(11-14)17(21)13-5-4-6-13/h2-3,7,9,13-14H,4-6,8,10-11H2,1H3. The van der Waals surface area contributed by atoms with Crippen LogP contribution in [0, 0.1) is 12.8 Å². The molecule has 110 valence electrons. The maximum Gasteiger partial charge on any atom is 0.225 e. The van der Waals surface area contributed by atoms with Gasteiger partial charge >= 0.3 is 0 Å². The van der Waals surface area contributed by atoms with E-state index in [0.29, 0.717) is 17.7 Å². The molecule has 4 rings (SSSR count). The van der Waals surface area contributed by atoms with Crippen molar-refractivity contribution in [2.45, 2.75) is 38.5 Å². The molecule has 1 amide bonds. The van der Waals surface area contributed by atoms with Crippen LogP contribution in [0.5, 0.6) is 0 Å². The monoisotopic (exact) mass is 283 g/mol. The van der Waals surface area contributed by atoms with Gasteiger partial charge in [-0.25, -0.2) is 4.98 Å². The zero-order chi connectivity index (χ0) is 14.4. The van der Waals surface area contributed by atoms with Crippen molar-refractivity contribution in [1.82, 2.24) is 14.3 Å². The van der Waals surface area contributed by atoms with E-state index in [-0.39, 0.29) is 0 Å². The molecule has 0 aromatic carbocycles. The Balaban J connectivity index is 1.58. The summed E-state index contributed by atoms with van der Waals surface area (Å²) in [6.07, 6.45) is 6.50. The van der Waals surface area contributed by atoms with E-state index in [1.54, 1.807) is 0 Å². The Bertz CT molecular complexity index is 686. The minimum atomic E-state index is 0.309. The van der Waals surface area contributed by atoms with Crippen LogP contribution in [-0.2, 0) is 4.79 Å². The van der Waals surface area contributed by atoms with Gasteiger partial charge in [0.25, 0.3) is 0 Å². The van der Waals surface area contributed by atoms with Gasteiger partial charge < -0.3 is 9.30 Å². The number of imidazole rings is 1. The lowest BCUT2D eigenvalue weighted by molar-refractivity contribution is -0.137. The summed E-state index contributed by atoms with van der Waals surface area (Å²) in [6, 6.07) is 6.23. The summed E-state index contributed by atoms with van der Waals surface area (Å²) in [6.45, 7) is 3.78. The zero-order valence-corrected chi connectivity index (χ0v) is 12.5. The molecule has 1 atom stereocenters. The quantitative estimate of drug-likeness (QED) is 0.850. The van der Waals surface area contributed by atoms with Gasteiger partial charge in [0.15, 0.2) is 0 Å². The van der Waals surface area contributed by atoms with Crippen LogP contribution in [-0.4, -0.2) is 33.3 Å². The molecule has 2 aromatic rings. The first kappa shape index (κ1) is 12.9. The molecule has 4 nitrogen and oxygen atoms in total. The minimum absolute atomic E-state index is 0.309. The maximum absolute atomic E-state index is 12.4. The number of hydrogen-bond acceptors (Lipinski definition) is 2. The SMILES string of the molecule is Cc1nc(C2CCN(C(=O)C3CCC3)C2)c2ccccn12. The molecule has 1 aliphatic heterocycles. The molecule has 2 aromatic heterocycles. The van der Waals surface area contributed by atoms with Crippen LogP contribution >= 0.6 is 0 Å². The molecule has 0 spiro atoms. The highest BCUT2D eigenvalue weighted by atomic mass is 16.2. The van der Waals surface area contributed by atoms with E-state index in [9.17, 15) is 4.79 Å². The Morgan fingerprint density at radius 1 is 1.29 bits per heavy atom. The first-order valence-corrected chi connectivity index (χ1v) is 7.96. The molecule has 1 saturated carbocycles. The second-order valence-corrected chi connectivity index (χ2v) is 6.40. The van der Waals surface area contributed by atoms with Crippen LogP contribution in [0.15, 0.2) is 24.4 Å². The highest BCUT2D eigenvalue weighted by Gasteiger charge is 2.35. The summed E-state index contributed by atoms with van der Waals surface area (Å²) in [7, 11) is 0. The predicted molar refractivity (Wildman–Crippen MR) is 81.2 cm³/mol. The number of rotatable bonds is 2. The summed E-state index contributed by atoms with van der Waals surface area (Å²) in [5.41, 5.74) is 2.36. The van der Waals surface area contributed by atoms with Crippen LogP contribution in [0.25, 0.3) is 5.52 Å². The third kappa shape index (κ3) is 2.04. The molecule has 1 unspecified atom stereocenters. The van der Waals surface area contributed by atoms with Crippen LogP contribution in [0.3, 0.4) is 0 Å².